The van der Waals surface area contributed by atoms with Gasteiger partial charge in [-0.15, -0.1) is 23.1 Å². The number of amides is 2. The lowest BCUT2D eigenvalue weighted by molar-refractivity contribution is -0.135. The molecule has 0 saturated carbocycles. The molecule has 7 heteroatoms. The van der Waals surface area contributed by atoms with Gasteiger partial charge >= 0.3 is 0 Å². The van der Waals surface area contributed by atoms with Gasteiger partial charge in [-0.2, -0.15) is 0 Å². The van der Waals surface area contributed by atoms with Crippen molar-refractivity contribution >= 4 is 40.0 Å². The van der Waals surface area contributed by atoms with Crippen LogP contribution in [0.25, 0.3) is 11.3 Å². The molecule has 0 spiro atoms. The Bertz CT molecular complexity index is 895. The van der Waals surface area contributed by atoms with E-state index in [2.05, 4.69) is 49.3 Å². The largest absolute Gasteiger partial charge is 0.315 e. The minimum atomic E-state index is -0.409. The van der Waals surface area contributed by atoms with Crippen LogP contribution >= 0.6 is 23.1 Å². The van der Waals surface area contributed by atoms with E-state index in [1.54, 1.807) is 16.7 Å². The molecule has 2 aliphatic heterocycles. The molecule has 2 aromatic rings. The standard InChI is InChI=1S/C19H21N3O2S2/c1-11-4-5-12(2)13(8-11)14-9-25-18(20-14)21-17(24)15-10-26-19(3)7-6-16(23)22(15)19/h4-5,8-9,15H,6-7,10H2,1-3H3,(H,20,21,24)/t15-,19-/m0/s1. The van der Waals surface area contributed by atoms with Gasteiger partial charge in [0, 0.05) is 23.1 Å². The number of thioether (sulfide) groups is 1. The van der Waals surface area contributed by atoms with Crippen molar-refractivity contribution in [2.45, 2.75) is 44.5 Å². The zero-order valence-electron chi connectivity index (χ0n) is 15.0. The number of aryl methyl sites for hydroxylation is 2. The molecule has 2 atom stereocenters. The van der Waals surface area contributed by atoms with Gasteiger partial charge in [0.05, 0.1) is 10.6 Å². The summed E-state index contributed by atoms with van der Waals surface area (Å²) in [4.78, 5) is 31.1. The summed E-state index contributed by atoms with van der Waals surface area (Å²) in [6.45, 7) is 6.17. The van der Waals surface area contributed by atoms with Crippen LogP contribution in [0.15, 0.2) is 23.6 Å². The van der Waals surface area contributed by atoms with Gasteiger partial charge in [0.1, 0.15) is 6.04 Å². The Morgan fingerprint density at radius 3 is 3.00 bits per heavy atom. The maximum Gasteiger partial charge on any atom is 0.249 e. The number of hydrogen-bond donors (Lipinski definition) is 1. The van der Waals surface area contributed by atoms with Crippen molar-refractivity contribution in [1.82, 2.24) is 9.88 Å². The second-order valence-corrected chi connectivity index (χ2v) is 9.47. The number of benzene rings is 1. The van der Waals surface area contributed by atoms with Crippen LogP contribution in [0.2, 0.25) is 0 Å². The Labute approximate surface area is 161 Å². The number of fused-ring (bicyclic) bond motifs is 1. The number of nitrogens with zero attached hydrogens (tertiary/aromatic N) is 2. The van der Waals surface area contributed by atoms with E-state index in [0.29, 0.717) is 17.3 Å². The van der Waals surface area contributed by atoms with Crippen molar-refractivity contribution in [2.24, 2.45) is 0 Å². The van der Waals surface area contributed by atoms with E-state index in [-0.39, 0.29) is 16.7 Å². The number of rotatable bonds is 3. The Morgan fingerprint density at radius 2 is 2.19 bits per heavy atom. The number of carbonyl (C=O) groups is 2. The second kappa shape index (κ2) is 6.39. The summed E-state index contributed by atoms with van der Waals surface area (Å²) in [5, 5.41) is 5.46. The van der Waals surface area contributed by atoms with Crippen molar-refractivity contribution in [2.75, 3.05) is 11.1 Å². The molecule has 4 rings (SSSR count). The fourth-order valence-corrected chi connectivity index (χ4v) is 5.82. The molecule has 26 heavy (non-hydrogen) atoms. The zero-order valence-corrected chi connectivity index (χ0v) is 16.7. The van der Waals surface area contributed by atoms with Gasteiger partial charge in [-0.1, -0.05) is 17.7 Å². The number of hydrogen-bond acceptors (Lipinski definition) is 5. The van der Waals surface area contributed by atoms with Gasteiger partial charge in [0.15, 0.2) is 5.13 Å². The van der Waals surface area contributed by atoms with Gasteiger partial charge in [0.25, 0.3) is 0 Å². The third kappa shape index (κ3) is 2.93. The molecule has 0 bridgehead atoms. The second-order valence-electron chi connectivity index (χ2n) is 7.11. The first-order chi connectivity index (χ1) is 12.4. The summed E-state index contributed by atoms with van der Waals surface area (Å²) in [5.74, 6) is 0.578. The average Bonchev–Trinajstić information content (AvgIpc) is 3.26. The first-order valence-corrected chi connectivity index (χ1v) is 10.5. The number of nitrogens with one attached hydrogen (secondary N) is 1. The Balaban J connectivity index is 1.52. The van der Waals surface area contributed by atoms with Crippen LogP contribution in [-0.2, 0) is 9.59 Å². The number of carbonyl (C=O) groups excluding carboxylic acids is 2. The maximum absolute atomic E-state index is 12.8. The first-order valence-electron chi connectivity index (χ1n) is 8.67. The molecule has 2 saturated heterocycles. The Hall–Kier alpha value is -1.86. The summed E-state index contributed by atoms with van der Waals surface area (Å²) in [7, 11) is 0. The molecule has 0 unspecified atom stereocenters. The van der Waals surface area contributed by atoms with Crippen LogP contribution in [0.5, 0.6) is 0 Å². The molecule has 5 nitrogen and oxygen atoms in total. The predicted octanol–water partition coefficient (Wildman–Crippen LogP) is 3.82. The Kier molecular flexibility index (Phi) is 4.31. The van der Waals surface area contributed by atoms with Crippen LogP contribution in [0.3, 0.4) is 0 Å². The van der Waals surface area contributed by atoms with Crippen molar-refractivity contribution < 1.29 is 9.59 Å². The van der Waals surface area contributed by atoms with Crippen LogP contribution in [-0.4, -0.2) is 38.4 Å². The third-order valence-corrected chi connectivity index (χ3v) is 7.41. The lowest BCUT2D eigenvalue weighted by Gasteiger charge is -2.29. The van der Waals surface area contributed by atoms with Crippen LogP contribution in [0, 0.1) is 13.8 Å². The highest BCUT2D eigenvalue weighted by atomic mass is 32.2. The number of anilines is 1. The van der Waals surface area contributed by atoms with Gasteiger partial charge in [-0.05, 0) is 38.8 Å². The van der Waals surface area contributed by atoms with E-state index < -0.39 is 6.04 Å². The highest BCUT2D eigenvalue weighted by molar-refractivity contribution is 8.01. The molecule has 136 valence electrons. The maximum atomic E-state index is 12.8. The topological polar surface area (TPSA) is 62.3 Å². The van der Waals surface area contributed by atoms with E-state index in [0.717, 1.165) is 23.2 Å². The first kappa shape index (κ1) is 17.5. The third-order valence-electron chi connectivity index (χ3n) is 5.15. The van der Waals surface area contributed by atoms with Gasteiger partial charge in [-0.25, -0.2) is 4.98 Å². The molecule has 2 amide bonds. The fourth-order valence-electron chi connectivity index (χ4n) is 3.67. The van der Waals surface area contributed by atoms with Gasteiger partial charge in [0.2, 0.25) is 11.8 Å². The summed E-state index contributed by atoms with van der Waals surface area (Å²) in [6.07, 6.45) is 1.34. The number of thiazole rings is 1. The van der Waals surface area contributed by atoms with Crippen molar-refractivity contribution in [3.05, 3.63) is 34.7 Å². The average molecular weight is 388 g/mol. The smallest absolute Gasteiger partial charge is 0.249 e. The minimum absolute atomic E-state index is 0.0767. The van der Waals surface area contributed by atoms with Crippen LogP contribution < -0.4 is 5.32 Å². The van der Waals surface area contributed by atoms with Crippen molar-refractivity contribution in [3.8, 4) is 11.3 Å². The summed E-state index contributed by atoms with van der Waals surface area (Å²) >= 11 is 3.12. The highest BCUT2D eigenvalue weighted by Crippen LogP contribution is 2.47. The van der Waals surface area contributed by atoms with E-state index >= 15 is 0 Å². The van der Waals surface area contributed by atoms with Crippen molar-refractivity contribution in [1.29, 1.82) is 0 Å². The lowest BCUT2D eigenvalue weighted by Crippen LogP contribution is -2.48. The summed E-state index contributed by atoms with van der Waals surface area (Å²) < 4.78 is 0. The normalized spacial score (nSPS) is 24.8. The van der Waals surface area contributed by atoms with E-state index in [1.807, 2.05) is 5.38 Å². The number of aromatic nitrogens is 1. The molecule has 0 radical (unpaired) electrons. The SMILES string of the molecule is Cc1ccc(C)c(-c2csc(NC(=O)[C@@H]3CS[C@@]4(C)CCC(=O)N34)n2)c1. The van der Waals surface area contributed by atoms with Gasteiger partial charge in [-0.3, -0.25) is 9.59 Å². The molecule has 1 aromatic carbocycles. The zero-order chi connectivity index (χ0) is 18.5. The molecule has 2 aliphatic rings. The Morgan fingerprint density at radius 1 is 1.38 bits per heavy atom. The molecular formula is C19H21N3O2S2. The van der Waals surface area contributed by atoms with E-state index in [9.17, 15) is 9.59 Å². The summed E-state index contributed by atoms with van der Waals surface area (Å²) in [6, 6.07) is 5.86. The monoisotopic (exact) mass is 387 g/mol. The van der Waals surface area contributed by atoms with Gasteiger partial charge < -0.3 is 10.2 Å². The molecule has 2 fully saturated rings. The van der Waals surface area contributed by atoms with Crippen LogP contribution in [0.4, 0.5) is 5.13 Å². The molecule has 0 aliphatic carbocycles. The molecule has 3 heterocycles. The van der Waals surface area contributed by atoms with E-state index in [4.69, 9.17) is 0 Å². The molecule has 1 N–H and O–H groups in total. The lowest BCUT2D eigenvalue weighted by atomic mass is 10.0. The van der Waals surface area contributed by atoms with E-state index in [1.165, 1.54) is 16.9 Å². The fraction of sp³-hybridized carbons (Fsp3) is 0.421. The van der Waals surface area contributed by atoms with Crippen LogP contribution in [0.1, 0.15) is 30.9 Å². The highest BCUT2D eigenvalue weighted by Gasteiger charge is 2.52. The molecule has 1 aromatic heterocycles. The predicted molar refractivity (Wildman–Crippen MR) is 106 cm³/mol. The minimum Gasteiger partial charge on any atom is -0.315 e. The molecular weight excluding hydrogens is 366 g/mol. The summed E-state index contributed by atoms with van der Waals surface area (Å²) in [5.41, 5.74) is 4.29. The van der Waals surface area contributed by atoms with Crippen molar-refractivity contribution in [3.63, 3.8) is 0 Å². The quantitative estimate of drug-likeness (QED) is 0.870.